The van der Waals surface area contributed by atoms with Crippen LogP contribution in [0.3, 0.4) is 0 Å². The van der Waals surface area contributed by atoms with Gasteiger partial charge in [-0.05, 0) is 24.5 Å². The summed E-state index contributed by atoms with van der Waals surface area (Å²) in [5.41, 5.74) is 8.81. The highest BCUT2D eigenvalue weighted by Gasteiger charge is 2.36. The maximum absolute atomic E-state index is 12.9. The van der Waals surface area contributed by atoms with E-state index in [0.717, 1.165) is 26.1 Å². The zero-order valence-electron chi connectivity index (χ0n) is 13.8. The zero-order valence-corrected chi connectivity index (χ0v) is 14.7. The van der Waals surface area contributed by atoms with Gasteiger partial charge in [0.05, 0.1) is 12.0 Å². The number of piperazine rings is 1. The van der Waals surface area contributed by atoms with Gasteiger partial charge in [0.1, 0.15) is 0 Å². The Kier molecular flexibility index (Phi) is 6.41. The molecule has 5 nitrogen and oxygen atoms in total. The van der Waals surface area contributed by atoms with Crippen LogP contribution in [0.15, 0.2) is 24.3 Å². The van der Waals surface area contributed by atoms with Crippen molar-refractivity contribution >= 4 is 18.3 Å². The van der Waals surface area contributed by atoms with Gasteiger partial charge in [0.15, 0.2) is 0 Å². The second-order valence-electron chi connectivity index (χ2n) is 6.27. The molecule has 6 heteroatoms. The third-order valence-corrected chi connectivity index (χ3v) is 4.87. The second kappa shape index (κ2) is 8.11. The Morgan fingerprint density at radius 1 is 1.26 bits per heavy atom. The van der Waals surface area contributed by atoms with Crippen molar-refractivity contribution in [3.05, 3.63) is 35.4 Å². The van der Waals surface area contributed by atoms with E-state index in [1.807, 2.05) is 0 Å². The number of benzene rings is 1. The van der Waals surface area contributed by atoms with Crippen LogP contribution in [0.5, 0.6) is 0 Å². The highest BCUT2D eigenvalue weighted by molar-refractivity contribution is 5.85. The summed E-state index contributed by atoms with van der Waals surface area (Å²) in [7, 11) is 0. The molecule has 0 bridgehead atoms. The van der Waals surface area contributed by atoms with Gasteiger partial charge in [0.2, 0.25) is 5.91 Å². The van der Waals surface area contributed by atoms with Gasteiger partial charge in [0, 0.05) is 32.2 Å². The second-order valence-corrected chi connectivity index (χ2v) is 6.27. The van der Waals surface area contributed by atoms with Crippen LogP contribution in [0.25, 0.3) is 0 Å². The highest BCUT2D eigenvalue weighted by atomic mass is 35.5. The fraction of sp³-hybridized carbons (Fsp3) is 0.588. The monoisotopic (exact) mass is 338 g/mol. The van der Waals surface area contributed by atoms with Crippen LogP contribution in [0.4, 0.5) is 0 Å². The molecule has 2 heterocycles. The first-order valence-electron chi connectivity index (χ1n) is 8.29. The molecule has 1 amide bonds. The summed E-state index contributed by atoms with van der Waals surface area (Å²) in [6.45, 7) is 7.42. The van der Waals surface area contributed by atoms with Crippen LogP contribution in [-0.4, -0.2) is 43.0 Å². The van der Waals surface area contributed by atoms with Crippen molar-refractivity contribution in [1.82, 2.24) is 21.1 Å². The molecule has 0 aromatic heterocycles. The van der Waals surface area contributed by atoms with Crippen LogP contribution < -0.4 is 16.2 Å². The smallest absolute Gasteiger partial charge is 0.229 e. The molecule has 0 radical (unpaired) electrons. The number of aryl methyl sites for hydroxylation is 1. The van der Waals surface area contributed by atoms with Crippen molar-refractivity contribution in [2.75, 3.05) is 26.2 Å². The first kappa shape index (κ1) is 18.2. The van der Waals surface area contributed by atoms with E-state index >= 15 is 0 Å². The number of carbonyl (C=O) groups is 1. The lowest BCUT2D eigenvalue weighted by molar-refractivity contribution is -0.138. The summed E-state index contributed by atoms with van der Waals surface area (Å²) in [6, 6.07) is 9.02. The van der Waals surface area contributed by atoms with Crippen molar-refractivity contribution in [3.8, 4) is 0 Å². The molecular weight excluding hydrogens is 312 g/mol. The Bertz CT molecular complexity index is 522. The largest absolute Gasteiger partial charge is 0.333 e. The summed E-state index contributed by atoms with van der Waals surface area (Å²) < 4.78 is 0. The molecule has 1 aromatic carbocycles. The number of hydrazine groups is 1. The van der Waals surface area contributed by atoms with E-state index in [1.165, 1.54) is 11.1 Å². The van der Waals surface area contributed by atoms with Crippen molar-refractivity contribution in [2.24, 2.45) is 5.92 Å². The summed E-state index contributed by atoms with van der Waals surface area (Å²) >= 11 is 0. The predicted octanol–water partition coefficient (Wildman–Crippen LogP) is 1.26. The quantitative estimate of drug-likeness (QED) is 0.776. The zero-order chi connectivity index (χ0) is 15.5. The number of nitrogens with one attached hydrogen (secondary N) is 3. The van der Waals surface area contributed by atoms with Crippen molar-refractivity contribution in [1.29, 1.82) is 0 Å². The average molecular weight is 339 g/mol. The van der Waals surface area contributed by atoms with E-state index in [2.05, 4.69) is 59.2 Å². The van der Waals surface area contributed by atoms with Gasteiger partial charge < -0.3 is 10.2 Å². The van der Waals surface area contributed by atoms with E-state index in [9.17, 15) is 4.79 Å². The van der Waals surface area contributed by atoms with Gasteiger partial charge in [-0.15, -0.1) is 12.4 Å². The van der Waals surface area contributed by atoms with Crippen molar-refractivity contribution in [2.45, 2.75) is 32.4 Å². The molecule has 2 saturated heterocycles. The van der Waals surface area contributed by atoms with E-state index in [4.69, 9.17) is 0 Å². The lowest BCUT2D eigenvalue weighted by Crippen LogP contribution is -2.52. The summed E-state index contributed by atoms with van der Waals surface area (Å²) in [5, 5.41) is 3.42. The Labute approximate surface area is 144 Å². The Hall–Kier alpha value is -1.14. The first-order chi connectivity index (χ1) is 10.7. The molecule has 2 fully saturated rings. The van der Waals surface area contributed by atoms with Gasteiger partial charge in [-0.1, -0.05) is 31.2 Å². The first-order valence-corrected chi connectivity index (χ1v) is 8.29. The number of halogens is 1. The minimum Gasteiger partial charge on any atom is -0.333 e. The van der Waals surface area contributed by atoms with Crippen LogP contribution in [0, 0.1) is 5.92 Å². The molecule has 1 aromatic rings. The maximum Gasteiger partial charge on any atom is 0.229 e. The molecule has 3 rings (SSSR count). The van der Waals surface area contributed by atoms with Crippen molar-refractivity contribution < 1.29 is 4.79 Å². The minimum atomic E-state index is 0. The molecule has 2 aliphatic heterocycles. The number of carbonyl (C=O) groups excluding carboxylic acids is 1. The third kappa shape index (κ3) is 3.86. The fourth-order valence-electron chi connectivity index (χ4n) is 3.36. The SMILES string of the molecule is CCc1ccc(C2CNCCN2C(=O)C2CNNC2C)cc1.Cl. The van der Waals surface area contributed by atoms with Gasteiger partial charge in [-0.3, -0.25) is 15.6 Å². The van der Waals surface area contributed by atoms with Gasteiger partial charge in [-0.2, -0.15) is 0 Å². The molecule has 23 heavy (non-hydrogen) atoms. The molecule has 3 N–H and O–H groups in total. The van der Waals surface area contributed by atoms with Gasteiger partial charge in [-0.25, -0.2) is 0 Å². The lowest BCUT2D eigenvalue weighted by Gasteiger charge is -2.38. The lowest BCUT2D eigenvalue weighted by atomic mass is 9.96. The fourth-order valence-corrected chi connectivity index (χ4v) is 3.36. The van der Waals surface area contributed by atoms with E-state index < -0.39 is 0 Å². The van der Waals surface area contributed by atoms with Crippen LogP contribution >= 0.6 is 12.4 Å². The Morgan fingerprint density at radius 3 is 2.61 bits per heavy atom. The summed E-state index contributed by atoms with van der Waals surface area (Å²) in [5.74, 6) is 0.284. The van der Waals surface area contributed by atoms with Crippen molar-refractivity contribution in [3.63, 3.8) is 0 Å². The van der Waals surface area contributed by atoms with Crippen LogP contribution in [0.1, 0.15) is 31.0 Å². The Balaban J connectivity index is 0.00000192. The molecule has 0 aliphatic carbocycles. The maximum atomic E-state index is 12.9. The molecule has 3 atom stereocenters. The Morgan fingerprint density at radius 2 is 2.00 bits per heavy atom. The van der Waals surface area contributed by atoms with Crippen LogP contribution in [0.2, 0.25) is 0 Å². The molecule has 0 saturated carbocycles. The number of amides is 1. The van der Waals surface area contributed by atoms with E-state index in [1.54, 1.807) is 0 Å². The molecule has 2 aliphatic rings. The summed E-state index contributed by atoms with van der Waals surface area (Å²) in [6.07, 6.45) is 1.04. The number of hydrogen-bond acceptors (Lipinski definition) is 4. The molecule has 3 unspecified atom stereocenters. The number of rotatable bonds is 3. The van der Waals surface area contributed by atoms with Crippen LogP contribution in [-0.2, 0) is 11.2 Å². The predicted molar refractivity (Wildman–Crippen MR) is 94.5 cm³/mol. The van der Waals surface area contributed by atoms with E-state index in [-0.39, 0.29) is 36.3 Å². The standard InChI is InChI=1S/C17H26N4O.ClH/c1-3-13-4-6-14(7-5-13)16-11-18-8-9-21(16)17(22)15-10-19-20-12(15)2;/h4-7,12,15-16,18-20H,3,8-11H2,1-2H3;1H. The third-order valence-electron chi connectivity index (χ3n) is 4.87. The normalized spacial score (nSPS) is 27.6. The number of hydrogen-bond donors (Lipinski definition) is 3. The average Bonchev–Trinajstić information content (AvgIpc) is 3.00. The molecular formula is C17H27ClN4O. The van der Waals surface area contributed by atoms with Gasteiger partial charge in [0.25, 0.3) is 0 Å². The van der Waals surface area contributed by atoms with Gasteiger partial charge >= 0.3 is 0 Å². The molecule has 0 spiro atoms. The summed E-state index contributed by atoms with van der Waals surface area (Å²) in [4.78, 5) is 15.0. The highest BCUT2D eigenvalue weighted by Crippen LogP contribution is 2.25. The topological polar surface area (TPSA) is 56.4 Å². The molecule has 128 valence electrons. The number of nitrogens with zero attached hydrogens (tertiary/aromatic N) is 1. The minimum absolute atomic E-state index is 0. The van der Waals surface area contributed by atoms with E-state index in [0.29, 0.717) is 6.54 Å².